The van der Waals surface area contributed by atoms with Gasteiger partial charge in [0.1, 0.15) is 18.0 Å². The van der Waals surface area contributed by atoms with Gasteiger partial charge in [-0.1, -0.05) is 6.92 Å². The van der Waals surface area contributed by atoms with Crippen LogP contribution in [0, 0.1) is 6.92 Å². The van der Waals surface area contributed by atoms with Gasteiger partial charge in [-0.05, 0) is 13.3 Å². The van der Waals surface area contributed by atoms with Crippen LogP contribution in [0.25, 0.3) is 5.78 Å². The van der Waals surface area contributed by atoms with Crippen LogP contribution in [0.1, 0.15) is 24.0 Å². The Balaban J connectivity index is 1.85. The summed E-state index contributed by atoms with van der Waals surface area (Å²) >= 11 is 0. The van der Waals surface area contributed by atoms with Gasteiger partial charge in [0.15, 0.2) is 0 Å². The van der Waals surface area contributed by atoms with Gasteiger partial charge in [-0.15, -0.1) is 0 Å². The summed E-state index contributed by atoms with van der Waals surface area (Å²) < 4.78 is 3.80. The summed E-state index contributed by atoms with van der Waals surface area (Å²) in [7, 11) is 2.01. The van der Waals surface area contributed by atoms with Crippen LogP contribution in [-0.4, -0.2) is 35.7 Å². The highest BCUT2D eigenvalue weighted by Crippen LogP contribution is 2.19. The molecular formula is C14H19N7. The average Bonchev–Trinajstić information content (AvgIpc) is 3.08. The van der Waals surface area contributed by atoms with E-state index in [-0.39, 0.29) is 0 Å². The Morgan fingerprint density at radius 1 is 1.29 bits per heavy atom. The molecule has 0 atom stereocenters. The van der Waals surface area contributed by atoms with Gasteiger partial charge < -0.3 is 9.88 Å². The van der Waals surface area contributed by atoms with Crippen LogP contribution in [-0.2, 0) is 19.9 Å². The number of nitrogens with one attached hydrogen (secondary N) is 1. The Morgan fingerprint density at radius 2 is 2.14 bits per heavy atom. The largest absolute Gasteiger partial charge is 0.369 e. The Labute approximate surface area is 123 Å². The summed E-state index contributed by atoms with van der Waals surface area (Å²) in [4.78, 5) is 13.0. The fourth-order valence-electron chi connectivity index (χ4n) is 2.52. The van der Waals surface area contributed by atoms with E-state index in [1.165, 1.54) is 11.9 Å². The number of aryl methyl sites for hydroxylation is 2. The standard InChI is InChI=1S/C14H19N7/c1-4-11-10(2)19-14-17-9-18-21(14)13(11)16-6-5-12-15-7-8-20(12)3/h7-9,16H,4-6H2,1-3H3. The first-order valence-electron chi connectivity index (χ1n) is 7.10. The van der Waals surface area contributed by atoms with Gasteiger partial charge in [-0.25, -0.2) is 9.97 Å². The molecule has 0 amide bonds. The molecule has 0 radical (unpaired) electrons. The molecule has 3 rings (SSSR count). The highest BCUT2D eigenvalue weighted by molar-refractivity contribution is 5.52. The van der Waals surface area contributed by atoms with Crippen LogP contribution in [0.2, 0.25) is 0 Å². The lowest BCUT2D eigenvalue weighted by atomic mass is 10.1. The average molecular weight is 285 g/mol. The monoisotopic (exact) mass is 285 g/mol. The molecule has 0 aromatic carbocycles. The van der Waals surface area contributed by atoms with Crippen molar-refractivity contribution in [3.63, 3.8) is 0 Å². The number of nitrogens with zero attached hydrogens (tertiary/aromatic N) is 6. The molecule has 0 saturated carbocycles. The lowest BCUT2D eigenvalue weighted by Crippen LogP contribution is -2.15. The quantitative estimate of drug-likeness (QED) is 0.766. The maximum Gasteiger partial charge on any atom is 0.254 e. The maximum atomic E-state index is 4.47. The molecule has 110 valence electrons. The van der Waals surface area contributed by atoms with Crippen molar-refractivity contribution in [1.82, 2.24) is 29.1 Å². The van der Waals surface area contributed by atoms with Crippen molar-refractivity contribution >= 4 is 11.6 Å². The van der Waals surface area contributed by atoms with Crippen molar-refractivity contribution in [3.05, 3.63) is 35.8 Å². The van der Waals surface area contributed by atoms with Gasteiger partial charge in [0, 0.05) is 43.7 Å². The Hall–Kier alpha value is -2.44. The smallest absolute Gasteiger partial charge is 0.254 e. The highest BCUT2D eigenvalue weighted by atomic mass is 15.4. The summed E-state index contributed by atoms with van der Waals surface area (Å²) in [6.07, 6.45) is 7.06. The molecule has 7 nitrogen and oxygen atoms in total. The van der Waals surface area contributed by atoms with E-state index in [0.29, 0.717) is 5.78 Å². The Bertz CT molecular complexity index is 756. The maximum absolute atomic E-state index is 4.47. The summed E-state index contributed by atoms with van der Waals surface area (Å²) in [6.45, 7) is 4.92. The van der Waals surface area contributed by atoms with E-state index in [4.69, 9.17) is 0 Å². The van der Waals surface area contributed by atoms with Gasteiger partial charge in [-0.3, -0.25) is 0 Å². The van der Waals surface area contributed by atoms with E-state index in [1.54, 1.807) is 4.52 Å². The molecule has 3 aromatic rings. The van der Waals surface area contributed by atoms with Crippen LogP contribution in [0.15, 0.2) is 18.7 Å². The van der Waals surface area contributed by atoms with Gasteiger partial charge in [-0.2, -0.15) is 14.6 Å². The molecule has 0 aliphatic heterocycles. The minimum Gasteiger partial charge on any atom is -0.369 e. The zero-order chi connectivity index (χ0) is 14.8. The second kappa shape index (κ2) is 5.51. The summed E-state index contributed by atoms with van der Waals surface area (Å²) in [5.41, 5.74) is 2.17. The lowest BCUT2D eigenvalue weighted by molar-refractivity contribution is 0.783. The topological polar surface area (TPSA) is 72.9 Å². The van der Waals surface area contributed by atoms with Crippen LogP contribution in [0.3, 0.4) is 0 Å². The predicted octanol–water partition coefficient (Wildman–Crippen LogP) is 1.38. The number of aromatic nitrogens is 6. The fourth-order valence-corrected chi connectivity index (χ4v) is 2.52. The first-order chi connectivity index (χ1) is 10.2. The number of fused-ring (bicyclic) bond motifs is 1. The highest BCUT2D eigenvalue weighted by Gasteiger charge is 2.12. The molecule has 21 heavy (non-hydrogen) atoms. The number of imidazole rings is 1. The van der Waals surface area contributed by atoms with Crippen LogP contribution >= 0.6 is 0 Å². The molecule has 7 heteroatoms. The number of hydrogen-bond acceptors (Lipinski definition) is 5. The van der Waals surface area contributed by atoms with Gasteiger partial charge >= 0.3 is 0 Å². The van der Waals surface area contributed by atoms with Crippen molar-refractivity contribution in [2.75, 3.05) is 11.9 Å². The molecule has 0 aliphatic rings. The third-order valence-corrected chi connectivity index (χ3v) is 3.65. The van der Waals surface area contributed by atoms with E-state index in [9.17, 15) is 0 Å². The summed E-state index contributed by atoms with van der Waals surface area (Å²) in [6, 6.07) is 0. The third-order valence-electron chi connectivity index (χ3n) is 3.65. The van der Waals surface area contributed by atoms with Gasteiger partial charge in [0.25, 0.3) is 5.78 Å². The normalized spacial score (nSPS) is 11.2. The second-order valence-corrected chi connectivity index (χ2v) is 4.98. The Morgan fingerprint density at radius 3 is 2.86 bits per heavy atom. The van der Waals surface area contributed by atoms with Crippen molar-refractivity contribution in [2.45, 2.75) is 26.7 Å². The molecule has 0 aliphatic carbocycles. The summed E-state index contributed by atoms with van der Waals surface area (Å²) in [5, 5.41) is 7.73. The molecule has 0 unspecified atom stereocenters. The van der Waals surface area contributed by atoms with Crippen molar-refractivity contribution < 1.29 is 0 Å². The van der Waals surface area contributed by atoms with E-state index >= 15 is 0 Å². The van der Waals surface area contributed by atoms with Crippen molar-refractivity contribution in [1.29, 1.82) is 0 Å². The number of anilines is 1. The van der Waals surface area contributed by atoms with Crippen molar-refractivity contribution in [3.8, 4) is 0 Å². The SMILES string of the molecule is CCc1c(C)nc2ncnn2c1NCCc1nccn1C. The molecule has 0 spiro atoms. The number of hydrogen-bond donors (Lipinski definition) is 1. The zero-order valence-electron chi connectivity index (χ0n) is 12.5. The van der Waals surface area contributed by atoms with E-state index in [0.717, 1.165) is 36.7 Å². The van der Waals surface area contributed by atoms with E-state index < -0.39 is 0 Å². The first kappa shape index (κ1) is 13.5. The number of rotatable bonds is 5. The predicted molar refractivity (Wildman–Crippen MR) is 80.3 cm³/mol. The molecule has 3 heterocycles. The summed E-state index contributed by atoms with van der Waals surface area (Å²) in [5.74, 6) is 2.66. The van der Waals surface area contributed by atoms with E-state index in [2.05, 4.69) is 32.3 Å². The van der Waals surface area contributed by atoms with Crippen molar-refractivity contribution in [2.24, 2.45) is 7.05 Å². The molecule has 0 saturated heterocycles. The lowest BCUT2D eigenvalue weighted by Gasteiger charge is -2.14. The minimum absolute atomic E-state index is 0.629. The third kappa shape index (κ3) is 2.46. The first-order valence-corrected chi connectivity index (χ1v) is 7.10. The van der Waals surface area contributed by atoms with Gasteiger partial charge in [0.2, 0.25) is 0 Å². The van der Waals surface area contributed by atoms with Crippen LogP contribution in [0.4, 0.5) is 5.82 Å². The minimum atomic E-state index is 0.629. The van der Waals surface area contributed by atoms with E-state index in [1.807, 2.05) is 30.9 Å². The van der Waals surface area contributed by atoms with Crippen LogP contribution in [0.5, 0.6) is 0 Å². The molecule has 0 bridgehead atoms. The molecular weight excluding hydrogens is 266 g/mol. The zero-order valence-corrected chi connectivity index (χ0v) is 12.5. The Kier molecular flexibility index (Phi) is 3.55. The van der Waals surface area contributed by atoms with Crippen LogP contribution < -0.4 is 5.32 Å². The van der Waals surface area contributed by atoms with Gasteiger partial charge in [0.05, 0.1) is 0 Å². The molecule has 0 fully saturated rings. The molecule has 1 N–H and O–H groups in total. The fraction of sp³-hybridized carbons (Fsp3) is 0.429. The molecule has 3 aromatic heterocycles. The second-order valence-electron chi connectivity index (χ2n) is 4.98.